The number of sulfonamides is 1. The zero-order valence-electron chi connectivity index (χ0n) is 19.0. The lowest BCUT2D eigenvalue weighted by atomic mass is 9.97. The van der Waals surface area contributed by atoms with Gasteiger partial charge in [-0.25, -0.2) is 8.42 Å². The minimum Gasteiger partial charge on any atom is -0.338 e. The molecule has 0 radical (unpaired) electrons. The Balaban J connectivity index is 1.53. The molecule has 8 nitrogen and oxygen atoms in total. The predicted octanol–water partition coefficient (Wildman–Crippen LogP) is 4.46. The van der Waals surface area contributed by atoms with Crippen molar-refractivity contribution >= 4 is 21.6 Å². The van der Waals surface area contributed by atoms with E-state index in [4.69, 9.17) is 4.52 Å². The van der Waals surface area contributed by atoms with Gasteiger partial charge in [-0.15, -0.1) is 0 Å². The predicted molar refractivity (Wildman–Crippen MR) is 125 cm³/mol. The summed E-state index contributed by atoms with van der Waals surface area (Å²) in [6.07, 6.45) is 2.68. The molecular weight excluding hydrogens is 440 g/mol. The lowest BCUT2D eigenvalue weighted by Gasteiger charge is -2.26. The first kappa shape index (κ1) is 23.1. The summed E-state index contributed by atoms with van der Waals surface area (Å²) in [5, 5.41) is 6.82. The smallest absolute Gasteiger partial charge is 0.257 e. The number of hydrogen-bond acceptors (Lipinski definition) is 6. The number of aromatic nitrogens is 2. The Morgan fingerprint density at radius 3 is 2.30 bits per heavy atom. The van der Waals surface area contributed by atoms with Crippen LogP contribution < -0.4 is 5.32 Å². The van der Waals surface area contributed by atoms with Crippen molar-refractivity contribution in [2.45, 2.75) is 50.3 Å². The number of benzene rings is 2. The van der Waals surface area contributed by atoms with E-state index >= 15 is 0 Å². The molecule has 1 aromatic heterocycles. The Bertz CT molecular complexity index is 1240. The summed E-state index contributed by atoms with van der Waals surface area (Å²) in [4.78, 5) is 17.5. The molecular formula is C24H28N4O4S. The number of anilines is 1. The average molecular weight is 469 g/mol. The molecule has 1 saturated heterocycles. The van der Waals surface area contributed by atoms with Gasteiger partial charge in [-0.1, -0.05) is 44.5 Å². The van der Waals surface area contributed by atoms with Gasteiger partial charge in [-0.3, -0.25) is 4.79 Å². The SMILES string of the molecule is CC(C)(C)c1nc(-c2ccc(NC(=O)c3ccccc3S(=O)(=O)N3CCCCC3)cc2)no1. The largest absolute Gasteiger partial charge is 0.338 e. The Hall–Kier alpha value is -3.04. The molecule has 0 unspecified atom stereocenters. The molecule has 174 valence electrons. The van der Waals surface area contributed by atoms with Gasteiger partial charge in [0.1, 0.15) is 0 Å². The average Bonchev–Trinajstić information content (AvgIpc) is 3.31. The number of amides is 1. The van der Waals surface area contributed by atoms with E-state index in [1.807, 2.05) is 20.8 Å². The molecule has 1 N–H and O–H groups in total. The van der Waals surface area contributed by atoms with Crippen LogP contribution in [0.5, 0.6) is 0 Å². The Morgan fingerprint density at radius 1 is 1.00 bits per heavy atom. The number of carbonyl (C=O) groups is 1. The van der Waals surface area contributed by atoms with Crippen LogP contribution in [0.15, 0.2) is 57.9 Å². The fourth-order valence-corrected chi connectivity index (χ4v) is 5.38. The van der Waals surface area contributed by atoms with E-state index in [2.05, 4.69) is 15.5 Å². The highest BCUT2D eigenvalue weighted by atomic mass is 32.2. The van der Waals surface area contributed by atoms with E-state index in [9.17, 15) is 13.2 Å². The van der Waals surface area contributed by atoms with Crippen molar-refractivity contribution in [2.75, 3.05) is 18.4 Å². The molecule has 0 saturated carbocycles. The van der Waals surface area contributed by atoms with Crippen LogP contribution in [0.25, 0.3) is 11.4 Å². The van der Waals surface area contributed by atoms with E-state index in [1.54, 1.807) is 36.4 Å². The second-order valence-corrected chi connectivity index (χ2v) is 11.1. The van der Waals surface area contributed by atoms with Crippen LogP contribution in [0.1, 0.15) is 56.3 Å². The van der Waals surface area contributed by atoms with Crippen molar-refractivity contribution in [3.05, 3.63) is 60.0 Å². The maximum atomic E-state index is 13.2. The topological polar surface area (TPSA) is 105 Å². The van der Waals surface area contributed by atoms with Crippen molar-refractivity contribution in [1.82, 2.24) is 14.4 Å². The molecule has 2 heterocycles. The van der Waals surface area contributed by atoms with Gasteiger partial charge in [0.05, 0.1) is 10.5 Å². The third-order valence-electron chi connectivity index (χ3n) is 5.53. The highest BCUT2D eigenvalue weighted by Gasteiger charge is 2.30. The van der Waals surface area contributed by atoms with Crippen LogP contribution in [0, 0.1) is 0 Å². The van der Waals surface area contributed by atoms with E-state index < -0.39 is 15.9 Å². The monoisotopic (exact) mass is 468 g/mol. The summed E-state index contributed by atoms with van der Waals surface area (Å²) < 4.78 is 33.1. The lowest BCUT2D eigenvalue weighted by Crippen LogP contribution is -2.36. The fraction of sp³-hybridized carbons (Fsp3) is 0.375. The van der Waals surface area contributed by atoms with Gasteiger partial charge in [0.2, 0.25) is 21.7 Å². The summed E-state index contributed by atoms with van der Waals surface area (Å²) in [5.41, 5.74) is 1.16. The fourth-order valence-electron chi connectivity index (χ4n) is 3.67. The zero-order chi connectivity index (χ0) is 23.6. The Labute approximate surface area is 194 Å². The molecule has 1 amide bonds. The molecule has 4 rings (SSSR count). The summed E-state index contributed by atoms with van der Waals surface area (Å²) in [7, 11) is -3.74. The number of nitrogens with one attached hydrogen (secondary N) is 1. The zero-order valence-corrected chi connectivity index (χ0v) is 19.9. The van der Waals surface area contributed by atoms with Gasteiger partial charge >= 0.3 is 0 Å². The number of nitrogens with zero attached hydrogens (tertiary/aromatic N) is 3. The van der Waals surface area contributed by atoms with Crippen LogP contribution in [0.2, 0.25) is 0 Å². The number of hydrogen-bond donors (Lipinski definition) is 1. The second kappa shape index (κ2) is 9.07. The molecule has 3 aromatic rings. The number of rotatable bonds is 5. The minimum absolute atomic E-state index is 0.0301. The molecule has 0 spiro atoms. The van der Waals surface area contributed by atoms with Crippen LogP contribution in [-0.4, -0.2) is 41.9 Å². The van der Waals surface area contributed by atoms with Crippen LogP contribution in [-0.2, 0) is 15.4 Å². The van der Waals surface area contributed by atoms with Crippen LogP contribution >= 0.6 is 0 Å². The molecule has 1 aliphatic rings. The molecule has 0 aliphatic carbocycles. The quantitative estimate of drug-likeness (QED) is 0.593. The molecule has 0 atom stereocenters. The maximum absolute atomic E-state index is 13.2. The van der Waals surface area contributed by atoms with E-state index in [0.717, 1.165) is 24.8 Å². The maximum Gasteiger partial charge on any atom is 0.257 e. The van der Waals surface area contributed by atoms with Crippen molar-refractivity contribution in [3.63, 3.8) is 0 Å². The summed E-state index contributed by atoms with van der Waals surface area (Å²) in [6.45, 7) is 6.93. The van der Waals surface area contributed by atoms with Gasteiger partial charge in [0, 0.05) is 29.8 Å². The normalized spacial score (nSPS) is 15.4. The molecule has 33 heavy (non-hydrogen) atoms. The summed E-state index contributed by atoms with van der Waals surface area (Å²) >= 11 is 0. The first-order valence-corrected chi connectivity index (χ1v) is 12.5. The molecule has 2 aromatic carbocycles. The van der Waals surface area contributed by atoms with E-state index in [-0.39, 0.29) is 15.9 Å². The van der Waals surface area contributed by atoms with Crippen molar-refractivity contribution < 1.29 is 17.7 Å². The first-order chi connectivity index (χ1) is 15.7. The minimum atomic E-state index is -3.74. The van der Waals surface area contributed by atoms with Crippen molar-refractivity contribution in [3.8, 4) is 11.4 Å². The van der Waals surface area contributed by atoms with Crippen molar-refractivity contribution in [2.24, 2.45) is 0 Å². The van der Waals surface area contributed by atoms with Gasteiger partial charge in [-0.2, -0.15) is 9.29 Å². The molecule has 0 bridgehead atoms. The lowest BCUT2D eigenvalue weighted by molar-refractivity contribution is 0.102. The number of piperidine rings is 1. The van der Waals surface area contributed by atoms with E-state index in [0.29, 0.717) is 30.5 Å². The summed E-state index contributed by atoms with van der Waals surface area (Å²) in [6, 6.07) is 13.3. The van der Waals surface area contributed by atoms with Gasteiger partial charge in [0.15, 0.2) is 0 Å². The molecule has 9 heteroatoms. The third-order valence-corrected chi connectivity index (χ3v) is 7.49. The Kier molecular flexibility index (Phi) is 6.36. The third kappa shape index (κ3) is 4.99. The van der Waals surface area contributed by atoms with Gasteiger partial charge < -0.3 is 9.84 Å². The van der Waals surface area contributed by atoms with Crippen LogP contribution in [0.3, 0.4) is 0 Å². The van der Waals surface area contributed by atoms with Gasteiger partial charge in [0.25, 0.3) is 5.91 Å². The van der Waals surface area contributed by atoms with Crippen molar-refractivity contribution in [1.29, 1.82) is 0 Å². The molecule has 1 fully saturated rings. The highest BCUT2D eigenvalue weighted by molar-refractivity contribution is 7.89. The standard InChI is InChI=1S/C24H28N4O4S/c1-24(2,3)23-26-21(27-32-23)17-11-13-18(14-12-17)25-22(29)19-9-5-6-10-20(19)33(30,31)28-15-7-4-8-16-28/h5-6,9-14H,4,7-8,15-16H2,1-3H3,(H,25,29). The second-order valence-electron chi connectivity index (χ2n) is 9.17. The Morgan fingerprint density at radius 2 is 1.67 bits per heavy atom. The first-order valence-electron chi connectivity index (χ1n) is 11.0. The summed E-state index contributed by atoms with van der Waals surface area (Å²) in [5.74, 6) is 0.533. The molecule has 1 aliphatic heterocycles. The van der Waals surface area contributed by atoms with Crippen LogP contribution in [0.4, 0.5) is 5.69 Å². The number of carbonyl (C=O) groups excluding carboxylic acids is 1. The van der Waals surface area contributed by atoms with E-state index in [1.165, 1.54) is 16.4 Å². The van der Waals surface area contributed by atoms with Gasteiger partial charge in [-0.05, 0) is 49.2 Å². The highest BCUT2D eigenvalue weighted by Crippen LogP contribution is 2.26.